The highest BCUT2D eigenvalue weighted by Gasteiger charge is 2.18. The number of carbonyl (C=O) groups excluding carboxylic acids is 1. The van der Waals surface area contributed by atoms with Gasteiger partial charge in [-0.05, 0) is 6.07 Å². The number of nitrogens with one attached hydrogen (secondary N) is 2. The minimum Gasteiger partial charge on any atom is -0.480 e. The summed E-state index contributed by atoms with van der Waals surface area (Å²) in [5, 5.41) is 21.7. The van der Waals surface area contributed by atoms with Crippen molar-refractivity contribution in [3.05, 3.63) is 24.2 Å². The van der Waals surface area contributed by atoms with Crippen LogP contribution < -0.4 is 10.6 Å². The molecule has 0 aliphatic carbocycles. The van der Waals surface area contributed by atoms with Crippen LogP contribution in [-0.2, 0) is 11.3 Å². The second-order valence-corrected chi connectivity index (χ2v) is 3.03. The van der Waals surface area contributed by atoms with Gasteiger partial charge in [0, 0.05) is 12.1 Å². The largest absolute Gasteiger partial charge is 0.480 e. The summed E-state index contributed by atoms with van der Waals surface area (Å²) in [7, 11) is 0. The molecule has 0 saturated heterocycles. The zero-order valence-corrected chi connectivity index (χ0v) is 8.34. The van der Waals surface area contributed by atoms with Gasteiger partial charge in [0.25, 0.3) is 0 Å². The molecule has 0 aliphatic rings. The van der Waals surface area contributed by atoms with E-state index in [9.17, 15) is 9.59 Å². The second-order valence-electron chi connectivity index (χ2n) is 3.03. The first-order chi connectivity index (χ1) is 7.63. The van der Waals surface area contributed by atoms with Crippen molar-refractivity contribution in [2.45, 2.75) is 12.6 Å². The van der Waals surface area contributed by atoms with Crippen LogP contribution in [0.15, 0.2) is 23.0 Å². The zero-order valence-electron chi connectivity index (χ0n) is 8.34. The van der Waals surface area contributed by atoms with E-state index in [1.165, 1.54) is 12.5 Å². The van der Waals surface area contributed by atoms with Gasteiger partial charge in [-0.3, -0.25) is 0 Å². The quantitative estimate of drug-likeness (QED) is 0.544. The Morgan fingerprint density at radius 3 is 2.75 bits per heavy atom. The topological polar surface area (TPSA) is 112 Å². The van der Waals surface area contributed by atoms with Crippen LogP contribution in [0, 0.1) is 0 Å². The summed E-state index contributed by atoms with van der Waals surface area (Å²) in [6, 6.07) is -0.298. The zero-order chi connectivity index (χ0) is 12.0. The molecule has 1 rings (SSSR count). The van der Waals surface area contributed by atoms with Crippen LogP contribution in [0.1, 0.15) is 5.56 Å². The van der Waals surface area contributed by atoms with E-state index in [4.69, 9.17) is 14.6 Å². The Labute approximate surface area is 91.1 Å². The molecule has 7 nitrogen and oxygen atoms in total. The SMILES string of the molecule is O=C(NCc1ccoc1)N[C@H](CO)C(=O)O. The van der Waals surface area contributed by atoms with E-state index >= 15 is 0 Å². The molecule has 0 aliphatic heterocycles. The molecule has 1 heterocycles. The Morgan fingerprint density at radius 2 is 2.25 bits per heavy atom. The number of aliphatic hydroxyl groups excluding tert-OH is 1. The van der Waals surface area contributed by atoms with Gasteiger partial charge >= 0.3 is 12.0 Å². The third-order valence-electron chi connectivity index (χ3n) is 1.82. The van der Waals surface area contributed by atoms with Gasteiger partial charge in [-0.15, -0.1) is 0 Å². The number of carboxylic acids is 1. The molecule has 88 valence electrons. The van der Waals surface area contributed by atoms with E-state index in [0.29, 0.717) is 0 Å². The molecule has 1 aromatic rings. The Bertz CT molecular complexity index is 349. The molecular formula is C9H12N2O5. The van der Waals surface area contributed by atoms with Crippen LogP contribution >= 0.6 is 0 Å². The normalized spacial score (nSPS) is 11.8. The Kier molecular flexibility index (Phi) is 4.34. The second kappa shape index (κ2) is 5.76. The fourth-order valence-corrected chi connectivity index (χ4v) is 0.970. The number of aliphatic carboxylic acids is 1. The van der Waals surface area contributed by atoms with Gasteiger partial charge in [-0.25, -0.2) is 9.59 Å². The van der Waals surface area contributed by atoms with Crippen LogP contribution in [0.5, 0.6) is 0 Å². The predicted molar refractivity (Wildman–Crippen MR) is 52.6 cm³/mol. The molecule has 0 saturated carbocycles. The summed E-state index contributed by atoms with van der Waals surface area (Å²) in [4.78, 5) is 21.7. The average Bonchev–Trinajstić information content (AvgIpc) is 2.75. The van der Waals surface area contributed by atoms with Gasteiger partial charge in [0.05, 0.1) is 19.1 Å². The van der Waals surface area contributed by atoms with Crippen molar-refractivity contribution < 1.29 is 24.2 Å². The molecule has 7 heteroatoms. The van der Waals surface area contributed by atoms with E-state index in [1.54, 1.807) is 6.07 Å². The number of aliphatic hydroxyl groups is 1. The van der Waals surface area contributed by atoms with Crippen LogP contribution in [-0.4, -0.2) is 34.9 Å². The van der Waals surface area contributed by atoms with Crippen molar-refractivity contribution in [3.8, 4) is 0 Å². The van der Waals surface area contributed by atoms with E-state index < -0.39 is 24.6 Å². The molecule has 2 amide bonds. The molecule has 1 aromatic heterocycles. The molecule has 0 unspecified atom stereocenters. The molecule has 16 heavy (non-hydrogen) atoms. The fraction of sp³-hybridized carbons (Fsp3) is 0.333. The van der Waals surface area contributed by atoms with Gasteiger partial charge in [0.1, 0.15) is 0 Å². The molecule has 4 N–H and O–H groups in total. The third kappa shape index (κ3) is 3.62. The van der Waals surface area contributed by atoms with Crippen molar-refractivity contribution in [1.29, 1.82) is 0 Å². The average molecular weight is 228 g/mol. The molecule has 1 atom stereocenters. The lowest BCUT2D eigenvalue weighted by Gasteiger charge is -2.11. The highest BCUT2D eigenvalue weighted by Crippen LogP contribution is 1.98. The van der Waals surface area contributed by atoms with Crippen LogP contribution in [0.3, 0.4) is 0 Å². The maximum atomic E-state index is 11.2. The number of hydrogen-bond donors (Lipinski definition) is 4. The fourth-order valence-electron chi connectivity index (χ4n) is 0.970. The first-order valence-electron chi connectivity index (χ1n) is 4.52. The van der Waals surface area contributed by atoms with Crippen molar-refractivity contribution in [2.75, 3.05) is 6.61 Å². The first kappa shape index (κ1) is 12.1. The maximum Gasteiger partial charge on any atom is 0.328 e. The number of hydrogen-bond acceptors (Lipinski definition) is 4. The van der Waals surface area contributed by atoms with E-state index in [2.05, 4.69) is 10.6 Å². The highest BCUT2D eigenvalue weighted by atomic mass is 16.4. The summed E-state index contributed by atoms with van der Waals surface area (Å²) >= 11 is 0. The third-order valence-corrected chi connectivity index (χ3v) is 1.82. The van der Waals surface area contributed by atoms with Gasteiger partial charge in [-0.1, -0.05) is 0 Å². The van der Waals surface area contributed by atoms with Crippen molar-refractivity contribution in [3.63, 3.8) is 0 Å². The number of rotatable bonds is 5. The molecule has 0 aromatic carbocycles. The van der Waals surface area contributed by atoms with Gasteiger partial charge in [-0.2, -0.15) is 0 Å². The van der Waals surface area contributed by atoms with Crippen LogP contribution in [0.2, 0.25) is 0 Å². The van der Waals surface area contributed by atoms with Crippen molar-refractivity contribution >= 4 is 12.0 Å². The van der Waals surface area contributed by atoms with Crippen LogP contribution in [0.25, 0.3) is 0 Å². The van der Waals surface area contributed by atoms with Crippen molar-refractivity contribution in [2.24, 2.45) is 0 Å². The van der Waals surface area contributed by atoms with Crippen molar-refractivity contribution in [1.82, 2.24) is 10.6 Å². The number of furan rings is 1. The van der Waals surface area contributed by atoms with E-state index in [0.717, 1.165) is 5.56 Å². The van der Waals surface area contributed by atoms with Gasteiger partial charge in [0.15, 0.2) is 6.04 Å². The number of carbonyl (C=O) groups is 2. The van der Waals surface area contributed by atoms with Gasteiger partial charge < -0.3 is 25.3 Å². The monoisotopic (exact) mass is 228 g/mol. The molecule has 0 spiro atoms. The minimum atomic E-state index is -1.30. The summed E-state index contributed by atoms with van der Waals surface area (Å²) in [5.41, 5.74) is 0.756. The molecule has 0 radical (unpaired) electrons. The molecule has 0 bridgehead atoms. The summed E-state index contributed by atoms with van der Waals surface area (Å²) in [5.74, 6) is -1.29. The molecular weight excluding hydrogens is 216 g/mol. The first-order valence-corrected chi connectivity index (χ1v) is 4.52. The van der Waals surface area contributed by atoms with E-state index in [-0.39, 0.29) is 6.54 Å². The van der Waals surface area contributed by atoms with Gasteiger partial charge in [0.2, 0.25) is 0 Å². The lowest BCUT2D eigenvalue weighted by atomic mass is 10.3. The summed E-state index contributed by atoms with van der Waals surface area (Å²) in [6.07, 6.45) is 2.92. The predicted octanol–water partition coefficient (Wildman–Crippen LogP) is -0.476. The Balaban J connectivity index is 2.33. The number of carboxylic acid groups (broad SMARTS) is 1. The Hall–Kier alpha value is -2.02. The minimum absolute atomic E-state index is 0.222. The number of urea groups is 1. The highest BCUT2D eigenvalue weighted by molar-refractivity contribution is 5.82. The maximum absolute atomic E-state index is 11.2. The summed E-state index contributed by atoms with van der Waals surface area (Å²) in [6.45, 7) is -0.436. The lowest BCUT2D eigenvalue weighted by molar-refractivity contribution is -0.140. The standard InChI is InChI=1S/C9H12N2O5/c12-4-7(8(13)14)11-9(15)10-3-6-1-2-16-5-6/h1-2,5,7,12H,3-4H2,(H,13,14)(H2,10,11,15)/t7-/m1/s1. The van der Waals surface area contributed by atoms with E-state index in [1.807, 2.05) is 0 Å². The Morgan fingerprint density at radius 1 is 1.50 bits per heavy atom. The summed E-state index contributed by atoms with van der Waals surface area (Å²) < 4.78 is 4.78. The smallest absolute Gasteiger partial charge is 0.328 e. The molecule has 0 fully saturated rings. The lowest BCUT2D eigenvalue weighted by Crippen LogP contribution is -2.47. The number of amides is 2. The van der Waals surface area contributed by atoms with Crippen LogP contribution in [0.4, 0.5) is 4.79 Å².